The van der Waals surface area contributed by atoms with E-state index in [0.717, 1.165) is 31.2 Å². The standard InChI is InChI=1S/C15H21FN2O4S/c1-3-22-15(19)11-6-12(16)8-13(7-11)23(20,21)18-14-9-17-5-4-10(14)2/h6-8,10,14,17-18H,3-5,9H2,1-2H3. The van der Waals surface area contributed by atoms with Crippen molar-refractivity contribution in [1.29, 1.82) is 0 Å². The van der Waals surface area contributed by atoms with Crippen LogP contribution in [-0.4, -0.2) is 40.1 Å². The van der Waals surface area contributed by atoms with Gasteiger partial charge in [-0.05, 0) is 44.0 Å². The van der Waals surface area contributed by atoms with Crippen LogP contribution in [0.2, 0.25) is 0 Å². The van der Waals surface area contributed by atoms with Crippen molar-refractivity contribution in [3.8, 4) is 0 Å². The molecule has 0 radical (unpaired) electrons. The minimum absolute atomic E-state index is 0.123. The maximum absolute atomic E-state index is 13.7. The number of carbonyl (C=O) groups is 1. The third-order valence-corrected chi connectivity index (χ3v) is 5.30. The lowest BCUT2D eigenvalue weighted by Crippen LogP contribution is -2.50. The molecule has 0 saturated carbocycles. The molecular formula is C15H21FN2O4S. The first-order valence-corrected chi connectivity index (χ1v) is 9.02. The average Bonchev–Trinajstić information content (AvgIpc) is 2.49. The van der Waals surface area contributed by atoms with Gasteiger partial charge in [0.2, 0.25) is 10.0 Å². The van der Waals surface area contributed by atoms with Gasteiger partial charge in [-0.15, -0.1) is 0 Å². The van der Waals surface area contributed by atoms with E-state index in [-0.39, 0.29) is 29.0 Å². The first kappa shape index (κ1) is 17.8. The summed E-state index contributed by atoms with van der Waals surface area (Å²) in [6.45, 7) is 5.06. The van der Waals surface area contributed by atoms with Gasteiger partial charge in [0.15, 0.2) is 0 Å². The number of hydrogen-bond donors (Lipinski definition) is 2. The molecule has 23 heavy (non-hydrogen) atoms. The molecule has 0 amide bonds. The molecule has 1 aromatic rings. The van der Waals surface area contributed by atoms with Crippen molar-refractivity contribution in [1.82, 2.24) is 10.0 Å². The van der Waals surface area contributed by atoms with E-state index in [1.165, 1.54) is 0 Å². The van der Waals surface area contributed by atoms with Crippen molar-refractivity contribution in [3.05, 3.63) is 29.6 Å². The van der Waals surface area contributed by atoms with Crippen molar-refractivity contribution < 1.29 is 22.3 Å². The third-order valence-electron chi connectivity index (χ3n) is 3.83. The second-order valence-corrected chi connectivity index (χ2v) is 7.31. The summed E-state index contributed by atoms with van der Waals surface area (Å²) in [5, 5.41) is 3.12. The molecule has 2 unspecified atom stereocenters. The lowest BCUT2D eigenvalue weighted by Gasteiger charge is -2.30. The number of ether oxygens (including phenoxy) is 1. The normalized spacial score (nSPS) is 21.9. The zero-order valence-corrected chi connectivity index (χ0v) is 14.0. The van der Waals surface area contributed by atoms with Crippen molar-refractivity contribution >= 4 is 16.0 Å². The van der Waals surface area contributed by atoms with Crippen molar-refractivity contribution in [2.45, 2.75) is 31.2 Å². The molecule has 2 atom stereocenters. The topological polar surface area (TPSA) is 84.5 Å². The summed E-state index contributed by atoms with van der Waals surface area (Å²) in [5.41, 5.74) is -0.123. The van der Waals surface area contributed by atoms with Crippen molar-refractivity contribution in [2.24, 2.45) is 5.92 Å². The van der Waals surface area contributed by atoms with Crippen LogP contribution in [0.25, 0.3) is 0 Å². The zero-order valence-electron chi connectivity index (χ0n) is 13.1. The highest BCUT2D eigenvalue weighted by Crippen LogP contribution is 2.18. The molecule has 2 rings (SSSR count). The first-order chi connectivity index (χ1) is 10.8. The van der Waals surface area contributed by atoms with Gasteiger partial charge >= 0.3 is 5.97 Å². The summed E-state index contributed by atoms with van der Waals surface area (Å²) >= 11 is 0. The van der Waals surface area contributed by atoms with Gasteiger partial charge in [-0.3, -0.25) is 0 Å². The smallest absolute Gasteiger partial charge is 0.338 e. The predicted octanol–water partition coefficient (Wildman–Crippen LogP) is 1.28. The fourth-order valence-electron chi connectivity index (χ4n) is 2.46. The Morgan fingerprint density at radius 2 is 2.17 bits per heavy atom. The van der Waals surface area contributed by atoms with Gasteiger partial charge in [-0.1, -0.05) is 6.92 Å². The van der Waals surface area contributed by atoms with Crippen LogP contribution in [-0.2, 0) is 14.8 Å². The molecule has 1 saturated heterocycles. The summed E-state index contributed by atoms with van der Waals surface area (Å²) in [7, 11) is -3.92. The number of rotatable bonds is 5. The SMILES string of the molecule is CCOC(=O)c1cc(F)cc(S(=O)(=O)NC2CNCCC2C)c1. The molecule has 1 fully saturated rings. The molecule has 1 aliphatic rings. The zero-order chi connectivity index (χ0) is 17.0. The van der Waals surface area contributed by atoms with E-state index in [1.54, 1.807) is 6.92 Å². The highest BCUT2D eigenvalue weighted by Gasteiger charge is 2.27. The van der Waals surface area contributed by atoms with E-state index in [1.807, 2.05) is 6.92 Å². The van der Waals surface area contributed by atoms with Gasteiger partial charge in [-0.2, -0.15) is 0 Å². The molecule has 1 aliphatic heterocycles. The molecule has 0 aliphatic carbocycles. The Hall–Kier alpha value is -1.51. The summed E-state index contributed by atoms with van der Waals surface area (Å²) in [6, 6.07) is 2.71. The van der Waals surface area contributed by atoms with E-state index >= 15 is 0 Å². The monoisotopic (exact) mass is 344 g/mol. The molecule has 8 heteroatoms. The molecule has 0 spiro atoms. The van der Waals surface area contributed by atoms with E-state index < -0.39 is 21.8 Å². The Morgan fingerprint density at radius 1 is 1.43 bits per heavy atom. The Kier molecular flexibility index (Phi) is 5.72. The van der Waals surface area contributed by atoms with Crippen LogP contribution in [0.1, 0.15) is 30.6 Å². The van der Waals surface area contributed by atoms with E-state index in [2.05, 4.69) is 10.0 Å². The molecule has 1 aromatic carbocycles. The second kappa shape index (κ2) is 7.37. The molecular weight excluding hydrogens is 323 g/mol. The van der Waals surface area contributed by atoms with E-state index in [0.29, 0.717) is 6.54 Å². The van der Waals surface area contributed by atoms with Gasteiger partial charge in [0.05, 0.1) is 17.1 Å². The maximum Gasteiger partial charge on any atom is 0.338 e. The first-order valence-electron chi connectivity index (χ1n) is 7.54. The molecule has 1 heterocycles. The van der Waals surface area contributed by atoms with Crippen LogP contribution < -0.4 is 10.0 Å². The summed E-state index contributed by atoms with van der Waals surface area (Å²) in [4.78, 5) is 11.4. The lowest BCUT2D eigenvalue weighted by atomic mass is 9.96. The van der Waals surface area contributed by atoms with E-state index in [4.69, 9.17) is 4.74 Å². The number of piperidine rings is 1. The number of halogens is 1. The number of sulfonamides is 1. The second-order valence-electron chi connectivity index (χ2n) is 5.59. The number of benzene rings is 1. The Bertz CT molecular complexity index is 678. The summed E-state index contributed by atoms with van der Waals surface area (Å²) in [5.74, 6) is -1.38. The quantitative estimate of drug-likeness (QED) is 0.786. The molecule has 0 aromatic heterocycles. The fraction of sp³-hybridized carbons (Fsp3) is 0.533. The Labute approximate surface area is 135 Å². The van der Waals surface area contributed by atoms with Gasteiger partial charge in [0.25, 0.3) is 0 Å². The molecule has 0 bridgehead atoms. The largest absolute Gasteiger partial charge is 0.462 e. The molecule has 6 nitrogen and oxygen atoms in total. The van der Waals surface area contributed by atoms with Gasteiger partial charge in [0, 0.05) is 12.6 Å². The van der Waals surface area contributed by atoms with Crippen LogP contribution in [0.3, 0.4) is 0 Å². The van der Waals surface area contributed by atoms with Crippen molar-refractivity contribution in [3.63, 3.8) is 0 Å². The average molecular weight is 344 g/mol. The number of esters is 1. The maximum atomic E-state index is 13.7. The number of carbonyl (C=O) groups excluding carboxylic acids is 1. The Balaban J connectivity index is 2.26. The van der Waals surface area contributed by atoms with Crippen LogP contribution >= 0.6 is 0 Å². The van der Waals surface area contributed by atoms with Gasteiger partial charge < -0.3 is 10.1 Å². The van der Waals surface area contributed by atoms with Crippen LogP contribution in [0.5, 0.6) is 0 Å². The minimum atomic E-state index is -3.92. The molecule has 128 valence electrons. The van der Waals surface area contributed by atoms with Gasteiger partial charge in [-0.25, -0.2) is 22.3 Å². The number of hydrogen-bond acceptors (Lipinski definition) is 5. The van der Waals surface area contributed by atoms with E-state index in [9.17, 15) is 17.6 Å². The third kappa shape index (κ3) is 4.49. The van der Waals surface area contributed by atoms with Crippen LogP contribution in [0.15, 0.2) is 23.1 Å². The van der Waals surface area contributed by atoms with Crippen LogP contribution in [0, 0.1) is 11.7 Å². The predicted molar refractivity (Wildman–Crippen MR) is 83.1 cm³/mol. The van der Waals surface area contributed by atoms with Crippen LogP contribution in [0.4, 0.5) is 4.39 Å². The summed E-state index contributed by atoms with van der Waals surface area (Å²) in [6.07, 6.45) is 0.852. The highest BCUT2D eigenvalue weighted by atomic mass is 32.2. The number of nitrogens with one attached hydrogen (secondary N) is 2. The Morgan fingerprint density at radius 3 is 2.83 bits per heavy atom. The summed E-state index contributed by atoms with van der Waals surface area (Å²) < 4.78 is 46.0. The van der Waals surface area contributed by atoms with Gasteiger partial charge in [0.1, 0.15) is 5.82 Å². The minimum Gasteiger partial charge on any atom is -0.462 e. The lowest BCUT2D eigenvalue weighted by molar-refractivity contribution is 0.0525. The fourth-order valence-corrected chi connectivity index (χ4v) is 3.87. The highest BCUT2D eigenvalue weighted by molar-refractivity contribution is 7.89. The molecule has 2 N–H and O–H groups in total. The van der Waals surface area contributed by atoms with Crippen molar-refractivity contribution in [2.75, 3.05) is 19.7 Å².